The first-order chi connectivity index (χ1) is 10.2. The monoisotopic (exact) mass is 310 g/mol. The summed E-state index contributed by atoms with van der Waals surface area (Å²) in [5, 5.41) is 5.10. The van der Waals surface area contributed by atoms with Gasteiger partial charge in [-0.1, -0.05) is 13.0 Å². The number of carbonyl (C=O) groups is 1. The van der Waals surface area contributed by atoms with Crippen molar-refractivity contribution in [3.63, 3.8) is 0 Å². The van der Waals surface area contributed by atoms with Crippen molar-refractivity contribution in [3.05, 3.63) is 22.4 Å². The molecule has 5 nitrogen and oxygen atoms in total. The van der Waals surface area contributed by atoms with Crippen LogP contribution in [0.15, 0.2) is 17.5 Å². The van der Waals surface area contributed by atoms with Gasteiger partial charge in [-0.3, -0.25) is 0 Å². The zero-order valence-electron chi connectivity index (χ0n) is 12.3. The van der Waals surface area contributed by atoms with E-state index in [4.69, 9.17) is 9.47 Å². The predicted octanol–water partition coefficient (Wildman–Crippen LogP) is 2.40. The molecule has 1 N–H and O–H groups in total. The molecule has 1 atom stereocenters. The van der Waals surface area contributed by atoms with Gasteiger partial charge in [0.1, 0.15) is 0 Å². The molecule has 0 aliphatic carbocycles. The Kier molecular flexibility index (Phi) is 4.47. The first-order valence-electron chi connectivity index (χ1n) is 7.53. The standard InChI is InChI=1S/C15H22N2O3S/c1-12(13-4-2-9-21-13)10-16-14(18)17-6-3-5-15(11-17)19-7-8-20-15/h2,4,9,12H,3,5-8,10-11H2,1H3,(H,16,18)/t12-/m0/s1. The summed E-state index contributed by atoms with van der Waals surface area (Å²) in [5.74, 6) is -0.207. The lowest BCUT2D eigenvalue weighted by molar-refractivity contribution is -0.182. The summed E-state index contributed by atoms with van der Waals surface area (Å²) >= 11 is 1.73. The van der Waals surface area contributed by atoms with Crippen molar-refractivity contribution in [2.75, 3.05) is 32.8 Å². The topological polar surface area (TPSA) is 50.8 Å². The van der Waals surface area contributed by atoms with Crippen LogP contribution in [0.5, 0.6) is 0 Å². The van der Waals surface area contributed by atoms with Gasteiger partial charge >= 0.3 is 6.03 Å². The summed E-state index contributed by atoms with van der Waals surface area (Å²) in [4.78, 5) is 15.4. The highest BCUT2D eigenvalue weighted by Gasteiger charge is 2.42. The minimum Gasteiger partial charge on any atom is -0.346 e. The Morgan fingerprint density at radius 2 is 2.33 bits per heavy atom. The fourth-order valence-electron chi connectivity index (χ4n) is 2.92. The molecule has 2 saturated heterocycles. The summed E-state index contributed by atoms with van der Waals surface area (Å²) in [6.07, 6.45) is 1.80. The van der Waals surface area contributed by atoms with Crippen LogP contribution in [0, 0.1) is 0 Å². The van der Waals surface area contributed by atoms with Gasteiger partial charge in [0.15, 0.2) is 5.79 Å². The van der Waals surface area contributed by atoms with Crippen LogP contribution in [0.4, 0.5) is 4.79 Å². The van der Waals surface area contributed by atoms with Gasteiger partial charge in [0.05, 0.1) is 19.8 Å². The van der Waals surface area contributed by atoms with E-state index in [2.05, 4.69) is 23.7 Å². The largest absolute Gasteiger partial charge is 0.346 e. The van der Waals surface area contributed by atoms with Crippen LogP contribution in [0.3, 0.4) is 0 Å². The van der Waals surface area contributed by atoms with Crippen LogP contribution in [-0.2, 0) is 9.47 Å². The van der Waals surface area contributed by atoms with Crippen molar-refractivity contribution in [2.45, 2.75) is 31.5 Å². The zero-order chi connectivity index (χ0) is 14.7. The number of amides is 2. The lowest BCUT2D eigenvalue weighted by Gasteiger charge is -2.38. The Morgan fingerprint density at radius 1 is 1.52 bits per heavy atom. The van der Waals surface area contributed by atoms with Crippen molar-refractivity contribution < 1.29 is 14.3 Å². The SMILES string of the molecule is C[C@@H](CNC(=O)N1CCCC2(C1)OCCO2)c1cccs1. The van der Waals surface area contributed by atoms with Gasteiger partial charge in [0, 0.05) is 30.3 Å². The number of hydrogen-bond acceptors (Lipinski definition) is 4. The molecule has 6 heteroatoms. The van der Waals surface area contributed by atoms with Gasteiger partial charge in [0.2, 0.25) is 0 Å². The lowest BCUT2D eigenvalue weighted by atomic mass is 10.1. The van der Waals surface area contributed by atoms with Crippen molar-refractivity contribution in [1.29, 1.82) is 0 Å². The number of piperidine rings is 1. The van der Waals surface area contributed by atoms with Crippen molar-refractivity contribution in [3.8, 4) is 0 Å². The first-order valence-corrected chi connectivity index (χ1v) is 8.41. The smallest absolute Gasteiger partial charge is 0.317 e. The van der Waals surface area contributed by atoms with Crippen LogP contribution < -0.4 is 5.32 Å². The summed E-state index contributed by atoms with van der Waals surface area (Å²) in [5.41, 5.74) is 0. The Morgan fingerprint density at radius 3 is 3.05 bits per heavy atom. The minimum atomic E-state index is -0.547. The molecular formula is C15H22N2O3S. The van der Waals surface area contributed by atoms with Gasteiger partial charge in [-0.15, -0.1) is 11.3 Å². The van der Waals surface area contributed by atoms with Crippen LogP contribution in [0.2, 0.25) is 0 Å². The number of ether oxygens (including phenoxy) is 2. The molecule has 0 saturated carbocycles. The number of rotatable bonds is 3. The molecule has 1 aromatic rings. The van der Waals surface area contributed by atoms with E-state index < -0.39 is 5.79 Å². The van der Waals surface area contributed by atoms with Crippen LogP contribution in [-0.4, -0.2) is 49.6 Å². The normalized spacial score (nSPS) is 22.4. The van der Waals surface area contributed by atoms with Crippen molar-refractivity contribution >= 4 is 17.4 Å². The van der Waals surface area contributed by atoms with Crippen molar-refractivity contribution in [1.82, 2.24) is 10.2 Å². The number of thiophene rings is 1. The Hall–Kier alpha value is -1.11. The molecule has 3 rings (SSSR count). The van der Waals surface area contributed by atoms with E-state index >= 15 is 0 Å². The van der Waals surface area contributed by atoms with Crippen LogP contribution in [0.1, 0.15) is 30.6 Å². The Bertz CT molecular complexity index is 471. The maximum Gasteiger partial charge on any atom is 0.317 e. The number of hydrogen-bond donors (Lipinski definition) is 1. The summed E-state index contributed by atoms with van der Waals surface area (Å²) in [6, 6.07) is 4.13. The summed E-state index contributed by atoms with van der Waals surface area (Å²) in [6.45, 7) is 5.35. The third-order valence-electron chi connectivity index (χ3n) is 4.11. The molecular weight excluding hydrogens is 288 g/mol. The van der Waals surface area contributed by atoms with Gasteiger partial charge in [-0.05, 0) is 17.9 Å². The highest BCUT2D eigenvalue weighted by molar-refractivity contribution is 7.10. The van der Waals surface area contributed by atoms with Crippen molar-refractivity contribution in [2.24, 2.45) is 0 Å². The third kappa shape index (κ3) is 3.39. The molecule has 21 heavy (non-hydrogen) atoms. The number of urea groups is 1. The number of carbonyl (C=O) groups excluding carboxylic acids is 1. The zero-order valence-corrected chi connectivity index (χ0v) is 13.2. The second-order valence-electron chi connectivity index (χ2n) is 5.74. The van der Waals surface area contributed by atoms with Crippen LogP contribution in [0.25, 0.3) is 0 Å². The second-order valence-corrected chi connectivity index (χ2v) is 6.71. The molecule has 1 aromatic heterocycles. The summed E-state index contributed by atoms with van der Waals surface area (Å²) in [7, 11) is 0. The van der Waals surface area contributed by atoms with Gasteiger partial charge in [-0.25, -0.2) is 4.79 Å². The second kappa shape index (κ2) is 6.34. The van der Waals surface area contributed by atoms with E-state index in [0.29, 0.717) is 32.2 Å². The van der Waals surface area contributed by atoms with E-state index in [1.54, 1.807) is 11.3 Å². The maximum absolute atomic E-state index is 12.3. The van der Waals surface area contributed by atoms with Gasteiger partial charge in [0.25, 0.3) is 0 Å². The predicted molar refractivity (Wildman–Crippen MR) is 81.6 cm³/mol. The highest BCUT2D eigenvalue weighted by Crippen LogP contribution is 2.30. The first kappa shape index (κ1) is 14.8. The quantitative estimate of drug-likeness (QED) is 0.932. The van der Waals surface area contributed by atoms with E-state index in [9.17, 15) is 4.79 Å². The average Bonchev–Trinajstić information content (AvgIpc) is 3.16. The highest BCUT2D eigenvalue weighted by atomic mass is 32.1. The number of likely N-dealkylation sites (tertiary alicyclic amines) is 1. The third-order valence-corrected chi connectivity index (χ3v) is 5.21. The molecule has 2 fully saturated rings. The van der Waals surface area contributed by atoms with E-state index in [0.717, 1.165) is 19.4 Å². The minimum absolute atomic E-state index is 0.0171. The Labute approximate surface area is 129 Å². The molecule has 116 valence electrons. The fourth-order valence-corrected chi connectivity index (χ4v) is 3.71. The number of nitrogens with zero attached hydrogens (tertiary/aromatic N) is 1. The molecule has 0 radical (unpaired) electrons. The van der Waals surface area contributed by atoms with Gasteiger partial charge in [-0.2, -0.15) is 0 Å². The molecule has 2 aliphatic heterocycles. The molecule has 0 aromatic carbocycles. The summed E-state index contributed by atoms with van der Waals surface area (Å²) < 4.78 is 11.4. The van der Waals surface area contributed by atoms with E-state index in [-0.39, 0.29) is 6.03 Å². The maximum atomic E-state index is 12.3. The molecule has 2 amide bonds. The molecule has 0 unspecified atom stereocenters. The van der Waals surface area contributed by atoms with E-state index in [1.165, 1.54) is 4.88 Å². The van der Waals surface area contributed by atoms with E-state index in [1.807, 2.05) is 11.0 Å². The molecule has 3 heterocycles. The molecule has 0 bridgehead atoms. The van der Waals surface area contributed by atoms with Gasteiger partial charge < -0.3 is 19.7 Å². The fraction of sp³-hybridized carbons (Fsp3) is 0.667. The molecule has 2 aliphatic rings. The average molecular weight is 310 g/mol. The lowest BCUT2D eigenvalue weighted by Crippen LogP contribution is -2.54. The molecule has 1 spiro atoms. The number of nitrogens with one attached hydrogen (secondary N) is 1. The van der Waals surface area contributed by atoms with Crippen LogP contribution >= 0.6 is 11.3 Å². The Balaban J connectivity index is 1.51.